The lowest BCUT2D eigenvalue weighted by molar-refractivity contribution is 0.451. The second-order valence-corrected chi connectivity index (χ2v) is 5.75. The molecular weight excluding hydrogens is 316 g/mol. The molecule has 2 aromatic carbocycles. The van der Waals surface area contributed by atoms with Gasteiger partial charge in [-0.05, 0) is 24.3 Å². The predicted octanol–water partition coefficient (Wildman–Crippen LogP) is 2.25. The largest absolute Gasteiger partial charge is 0.508 e. The van der Waals surface area contributed by atoms with Gasteiger partial charge in [0.15, 0.2) is 5.82 Å². The Hall–Kier alpha value is -3.13. The maximum Gasteiger partial charge on any atom is 0.348 e. The number of aromatic hydroxyl groups is 2. The first kappa shape index (κ1) is 13.5. The molecule has 0 amide bonds. The van der Waals surface area contributed by atoms with Gasteiger partial charge < -0.3 is 10.2 Å². The fraction of sp³-hybridized carbons (Fsp3) is 0. The average Bonchev–Trinajstić information content (AvgIpc) is 3.14. The molecule has 114 valence electrons. The monoisotopic (exact) mass is 326 g/mol. The number of aromatic amines is 1. The molecule has 4 aromatic rings. The van der Waals surface area contributed by atoms with Crippen molar-refractivity contribution in [1.29, 1.82) is 0 Å². The molecule has 2 heterocycles. The number of para-hydroxylation sites is 1. The first-order valence-corrected chi connectivity index (χ1v) is 7.55. The van der Waals surface area contributed by atoms with Gasteiger partial charge in [-0.25, -0.2) is 19.4 Å². The van der Waals surface area contributed by atoms with Gasteiger partial charge in [-0.2, -0.15) is 5.10 Å². The number of hydrogen-bond donors (Lipinski definition) is 3. The summed E-state index contributed by atoms with van der Waals surface area (Å²) in [6.07, 6.45) is 0. The molecule has 0 fully saturated rings. The third kappa shape index (κ3) is 2.08. The van der Waals surface area contributed by atoms with Gasteiger partial charge in [0.1, 0.15) is 17.0 Å². The van der Waals surface area contributed by atoms with E-state index in [2.05, 4.69) is 15.2 Å². The van der Waals surface area contributed by atoms with Gasteiger partial charge in [0.2, 0.25) is 0 Å². The maximum absolute atomic E-state index is 12.2. The summed E-state index contributed by atoms with van der Waals surface area (Å²) in [7, 11) is 0. The van der Waals surface area contributed by atoms with Crippen LogP contribution >= 0.6 is 11.3 Å². The number of hydrogen-bond acceptors (Lipinski definition) is 6. The number of aromatic nitrogens is 4. The number of benzene rings is 2. The number of phenols is 2. The fourth-order valence-electron chi connectivity index (χ4n) is 2.46. The molecule has 4 rings (SSSR count). The Morgan fingerprint density at radius 1 is 1.17 bits per heavy atom. The number of H-pyrrole nitrogens is 1. The molecular formula is C15H10N4O3S. The zero-order valence-electron chi connectivity index (χ0n) is 11.6. The van der Waals surface area contributed by atoms with Crippen LogP contribution in [-0.2, 0) is 0 Å². The van der Waals surface area contributed by atoms with Crippen molar-refractivity contribution < 1.29 is 10.2 Å². The van der Waals surface area contributed by atoms with Crippen LogP contribution < -0.4 is 5.69 Å². The fourth-order valence-corrected chi connectivity index (χ4v) is 3.16. The van der Waals surface area contributed by atoms with Crippen molar-refractivity contribution in [3.63, 3.8) is 0 Å². The van der Waals surface area contributed by atoms with Crippen molar-refractivity contribution >= 4 is 21.6 Å². The molecule has 2 aromatic heterocycles. The van der Waals surface area contributed by atoms with Crippen molar-refractivity contribution in [3.05, 3.63) is 52.4 Å². The average molecular weight is 326 g/mol. The number of phenolic OH excluding ortho intramolecular Hbond substituents is 2. The molecule has 23 heavy (non-hydrogen) atoms. The molecule has 0 aliphatic carbocycles. The molecule has 0 unspecified atom stereocenters. The van der Waals surface area contributed by atoms with Gasteiger partial charge in [-0.15, -0.1) is 11.3 Å². The highest BCUT2D eigenvalue weighted by molar-refractivity contribution is 7.16. The summed E-state index contributed by atoms with van der Waals surface area (Å²) >= 11 is 1.47. The highest BCUT2D eigenvalue weighted by Gasteiger charge is 2.18. The van der Waals surface area contributed by atoms with Crippen LogP contribution in [0.5, 0.6) is 11.5 Å². The van der Waals surface area contributed by atoms with E-state index in [4.69, 9.17) is 0 Å². The van der Waals surface area contributed by atoms with E-state index in [0.717, 1.165) is 4.70 Å². The summed E-state index contributed by atoms with van der Waals surface area (Å²) in [6, 6.07) is 9.62. The van der Waals surface area contributed by atoms with Crippen LogP contribution in [0.2, 0.25) is 0 Å². The third-order valence-electron chi connectivity index (χ3n) is 3.47. The standard InChI is InChI=1S/C15H10N4O3S/c20-8-4-5-9(11(21)6-8)14-17-18-15(22)19(14)10-2-1-3-12-13(10)16-7-23-12/h1-7,20-21H,(H,18,22). The molecule has 0 radical (unpaired) electrons. The van der Waals surface area contributed by atoms with E-state index in [-0.39, 0.29) is 17.3 Å². The number of thiazole rings is 1. The van der Waals surface area contributed by atoms with E-state index in [0.29, 0.717) is 16.8 Å². The summed E-state index contributed by atoms with van der Waals surface area (Å²) < 4.78 is 2.30. The molecule has 0 aliphatic heterocycles. The van der Waals surface area contributed by atoms with Crippen LogP contribution in [0.15, 0.2) is 46.7 Å². The lowest BCUT2D eigenvalue weighted by atomic mass is 10.1. The van der Waals surface area contributed by atoms with Gasteiger partial charge >= 0.3 is 5.69 Å². The van der Waals surface area contributed by atoms with E-state index >= 15 is 0 Å². The number of nitrogens with zero attached hydrogens (tertiary/aromatic N) is 3. The molecule has 0 aliphatic rings. The summed E-state index contributed by atoms with van der Waals surface area (Å²) in [5.74, 6) is 0.000915. The second kappa shape index (κ2) is 4.96. The number of rotatable bonds is 2. The van der Waals surface area contributed by atoms with Crippen molar-refractivity contribution in [2.24, 2.45) is 0 Å². The molecule has 0 bridgehead atoms. The third-order valence-corrected chi connectivity index (χ3v) is 4.27. The summed E-state index contributed by atoms with van der Waals surface area (Å²) in [5.41, 5.74) is 2.85. The Morgan fingerprint density at radius 3 is 2.87 bits per heavy atom. The Morgan fingerprint density at radius 2 is 2.04 bits per heavy atom. The lowest BCUT2D eigenvalue weighted by Gasteiger charge is -2.08. The smallest absolute Gasteiger partial charge is 0.348 e. The van der Waals surface area contributed by atoms with E-state index in [9.17, 15) is 15.0 Å². The van der Waals surface area contributed by atoms with Gasteiger partial charge in [-0.1, -0.05) is 6.07 Å². The highest BCUT2D eigenvalue weighted by atomic mass is 32.1. The van der Waals surface area contributed by atoms with Gasteiger partial charge in [0.25, 0.3) is 0 Å². The first-order chi connectivity index (χ1) is 11.1. The SMILES string of the molecule is O=c1[nH]nc(-c2ccc(O)cc2O)n1-c1cccc2scnc12. The minimum atomic E-state index is -0.437. The van der Waals surface area contributed by atoms with Crippen molar-refractivity contribution in [2.75, 3.05) is 0 Å². The van der Waals surface area contributed by atoms with Crippen LogP contribution in [-0.4, -0.2) is 30.0 Å². The normalized spacial score (nSPS) is 11.1. The first-order valence-electron chi connectivity index (χ1n) is 6.67. The molecule has 0 spiro atoms. The van der Waals surface area contributed by atoms with E-state index in [1.54, 1.807) is 11.6 Å². The number of fused-ring (bicyclic) bond motifs is 1. The molecule has 0 saturated heterocycles. The topological polar surface area (TPSA) is 104 Å². The van der Waals surface area contributed by atoms with E-state index < -0.39 is 5.69 Å². The minimum Gasteiger partial charge on any atom is -0.508 e. The molecule has 0 saturated carbocycles. The van der Waals surface area contributed by atoms with Crippen LogP contribution in [0, 0.1) is 0 Å². The zero-order chi connectivity index (χ0) is 16.0. The number of nitrogens with one attached hydrogen (secondary N) is 1. The Labute approximate surface area is 133 Å². The van der Waals surface area contributed by atoms with E-state index in [1.165, 1.54) is 34.1 Å². The summed E-state index contributed by atoms with van der Waals surface area (Å²) in [5, 5.41) is 25.9. The van der Waals surface area contributed by atoms with E-state index in [1.807, 2.05) is 12.1 Å². The molecule has 7 nitrogen and oxygen atoms in total. The Balaban J connectivity index is 2.03. The Bertz CT molecular complexity index is 1080. The Kier molecular flexibility index (Phi) is 2.91. The second-order valence-electron chi connectivity index (χ2n) is 4.87. The summed E-state index contributed by atoms with van der Waals surface area (Å²) in [6.45, 7) is 0. The van der Waals surface area contributed by atoms with Gasteiger partial charge in [0, 0.05) is 6.07 Å². The van der Waals surface area contributed by atoms with Crippen LogP contribution in [0.4, 0.5) is 0 Å². The van der Waals surface area contributed by atoms with Crippen LogP contribution in [0.3, 0.4) is 0 Å². The lowest BCUT2D eigenvalue weighted by Crippen LogP contribution is -2.16. The molecule has 0 atom stereocenters. The molecule has 3 N–H and O–H groups in total. The van der Waals surface area contributed by atoms with Crippen molar-refractivity contribution in [1.82, 2.24) is 19.7 Å². The van der Waals surface area contributed by atoms with Crippen LogP contribution in [0.1, 0.15) is 0 Å². The maximum atomic E-state index is 12.2. The summed E-state index contributed by atoms with van der Waals surface area (Å²) in [4.78, 5) is 16.5. The predicted molar refractivity (Wildman–Crippen MR) is 86.1 cm³/mol. The van der Waals surface area contributed by atoms with Crippen LogP contribution in [0.25, 0.3) is 27.3 Å². The quantitative estimate of drug-likeness (QED) is 0.524. The zero-order valence-corrected chi connectivity index (χ0v) is 12.4. The highest BCUT2D eigenvalue weighted by Crippen LogP contribution is 2.32. The van der Waals surface area contributed by atoms with Gasteiger partial charge in [0.05, 0.1) is 21.5 Å². The van der Waals surface area contributed by atoms with Crippen molar-refractivity contribution in [3.8, 4) is 28.6 Å². The molecule has 8 heteroatoms. The van der Waals surface area contributed by atoms with Gasteiger partial charge in [-0.3, -0.25) is 0 Å². The minimum absolute atomic E-state index is 0.0720. The van der Waals surface area contributed by atoms with Crippen molar-refractivity contribution in [2.45, 2.75) is 0 Å².